The van der Waals surface area contributed by atoms with Gasteiger partial charge in [-0.15, -0.1) is 11.6 Å². The number of alkyl halides is 1. The Morgan fingerprint density at radius 1 is 1.45 bits per heavy atom. The van der Waals surface area contributed by atoms with Gasteiger partial charge < -0.3 is 5.32 Å². The maximum absolute atomic E-state index is 5.86. The maximum atomic E-state index is 5.86. The lowest BCUT2D eigenvalue weighted by atomic mass is 9.85. The van der Waals surface area contributed by atoms with Crippen LogP contribution in [0.4, 0.5) is 0 Å². The summed E-state index contributed by atoms with van der Waals surface area (Å²) in [5.74, 6) is 0.870. The molecule has 0 aromatic heterocycles. The first-order valence-electron chi connectivity index (χ1n) is 4.67. The molecule has 0 bridgehead atoms. The van der Waals surface area contributed by atoms with E-state index in [0.717, 1.165) is 5.92 Å². The predicted octanol–water partition coefficient (Wildman–Crippen LogP) is 2.39. The second-order valence-corrected chi connectivity index (χ2v) is 4.11. The summed E-state index contributed by atoms with van der Waals surface area (Å²) in [6, 6.07) is 0. The van der Waals surface area contributed by atoms with E-state index in [1.165, 1.54) is 38.8 Å². The first-order chi connectivity index (χ1) is 5.33. The highest BCUT2D eigenvalue weighted by atomic mass is 35.5. The fourth-order valence-corrected chi connectivity index (χ4v) is 1.93. The zero-order valence-electron chi connectivity index (χ0n) is 7.28. The Balaban J connectivity index is 1.81. The molecule has 2 heteroatoms. The molecule has 0 aliphatic heterocycles. The van der Waals surface area contributed by atoms with Gasteiger partial charge in [0.2, 0.25) is 0 Å². The van der Waals surface area contributed by atoms with E-state index in [4.69, 9.17) is 11.6 Å². The fourth-order valence-electron chi connectivity index (χ4n) is 1.43. The van der Waals surface area contributed by atoms with Gasteiger partial charge in [-0.3, -0.25) is 0 Å². The number of halogens is 1. The van der Waals surface area contributed by atoms with Crippen molar-refractivity contribution in [2.24, 2.45) is 5.92 Å². The molecule has 1 aliphatic rings. The third-order valence-corrected chi connectivity index (χ3v) is 2.67. The molecule has 0 aromatic rings. The second-order valence-electron chi connectivity index (χ2n) is 3.49. The second kappa shape index (κ2) is 5.00. The SMILES string of the molecule is CCCCNCC1CC(Cl)C1. The first kappa shape index (κ1) is 9.34. The number of nitrogens with one attached hydrogen (secondary N) is 1. The summed E-state index contributed by atoms with van der Waals surface area (Å²) in [5.41, 5.74) is 0. The smallest absolute Gasteiger partial charge is 0.0342 e. The van der Waals surface area contributed by atoms with Crippen molar-refractivity contribution >= 4 is 11.6 Å². The van der Waals surface area contributed by atoms with E-state index < -0.39 is 0 Å². The number of unbranched alkanes of at least 4 members (excludes halogenated alkanes) is 1. The van der Waals surface area contributed by atoms with Crippen molar-refractivity contribution in [3.05, 3.63) is 0 Å². The Morgan fingerprint density at radius 2 is 2.18 bits per heavy atom. The molecular weight excluding hydrogens is 158 g/mol. The molecule has 0 amide bonds. The lowest BCUT2D eigenvalue weighted by Gasteiger charge is -2.30. The number of rotatable bonds is 5. The molecule has 0 unspecified atom stereocenters. The summed E-state index contributed by atoms with van der Waals surface area (Å²) in [6.07, 6.45) is 5.04. The number of hydrogen-bond donors (Lipinski definition) is 1. The van der Waals surface area contributed by atoms with Gasteiger partial charge in [-0.25, -0.2) is 0 Å². The lowest BCUT2D eigenvalue weighted by molar-refractivity contribution is 0.308. The molecule has 66 valence electrons. The summed E-state index contributed by atoms with van der Waals surface area (Å²) < 4.78 is 0. The van der Waals surface area contributed by atoms with Crippen LogP contribution in [0.2, 0.25) is 0 Å². The van der Waals surface area contributed by atoms with Crippen LogP contribution < -0.4 is 5.32 Å². The van der Waals surface area contributed by atoms with Gasteiger partial charge in [-0.2, -0.15) is 0 Å². The van der Waals surface area contributed by atoms with E-state index in [0.29, 0.717) is 5.38 Å². The lowest BCUT2D eigenvalue weighted by Crippen LogP contribution is -2.33. The first-order valence-corrected chi connectivity index (χ1v) is 5.11. The summed E-state index contributed by atoms with van der Waals surface area (Å²) in [5, 5.41) is 3.93. The molecule has 0 spiro atoms. The van der Waals surface area contributed by atoms with Crippen molar-refractivity contribution in [1.29, 1.82) is 0 Å². The molecule has 0 heterocycles. The van der Waals surface area contributed by atoms with Crippen LogP contribution in [0.1, 0.15) is 32.6 Å². The summed E-state index contributed by atoms with van der Waals surface area (Å²) in [6.45, 7) is 4.59. The van der Waals surface area contributed by atoms with Crippen LogP contribution in [0.5, 0.6) is 0 Å². The Labute approximate surface area is 74.5 Å². The summed E-state index contributed by atoms with van der Waals surface area (Å²) in [7, 11) is 0. The monoisotopic (exact) mass is 175 g/mol. The van der Waals surface area contributed by atoms with Gasteiger partial charge in [-0.05, 0) is 38.3 Å². The quantitative estimate of drug-likeness (QED) is 0.500. The highest BCUT2D eigenvalue weighted by molar-refractivity contribution is 6.21. The average molecular weight is 176 g/mol. The molecule has 1 fully saturated rings. The molecule has 1 aliphatic carbocycles. The van der Waals surface area contributed by atoms with Gasteiger partial charge in [0.05, 0.1) is 0 Å². The standard InChI is InChI=1S/C9H18ClN/c1-2-3-4-11-7-8-5-9(10)6-8/h8-9,11H,2-7H2,1H3. The van der Waals surface area contributed by atoms with Crippen LogP contribution in [0.15, 0.2) is 0 Å². The predicted molar refractivity (Wildman–Crippen MR) is 50.1 cm³/mol. The highest BCUT2D eigenvalue weighted by Crippen LogP contribution is 2.30. The molecule has 0 saturated heterocycles. The van der Waals surface area contributed by atoms with Gasteiger partial charge in [-0.1, -0.05) is 13.3 Å². The molecule has 0 atom stereocenters. The third kappa shape index (κ3) is 3.44. The number of hydrogen-bond acceptors (Lipinski definition) is 1. The zero-order chi connectivity index (χ0) is 8.10. The Kier molecular flexibility index (Phi) is 4.24. The molecule has 1 saturated carbocycles. The van der Waals surface area contributed by atoms with E-state index in [-0.39, 0.29) is 0 Å². The Hall–Kier alpha value is 0.250. The van der Waals surface area contributed by atoms with Crippen molar-refractivity contribution in [2.45, 2.75) is 38.0 Å². The molecular formula is C9H18ClN. The van der Waals surface area contributed by atoms with E-state index in [9.17, 15) is 0 Å². The maximum Gasteiger partial charge on any atom is 0.0342 e. The molecule has 1 N–H and O–H groups in total. The molecule has 1 nitrogen and oxygen atoms in total. The third-order valence-electron chi connectivity index (χ3n) is 2.32. The van der Waals surface area contributed by atoms with E-state index in [2.05, 4.69) is 12.2 Å². The highest BCUT2D eigenvalue weighted by Gasteiger charge is 2.26. The van der Waals surface area contributed by atoms with Crippen molar-refractivity contribution < 1.29 is 0 Å². The van der Waals surface area contributed by atoms with Crippen LogP contribution in [0.3, 0.4) is 0 Å². The van der Waals surface area contributed by atoms with Crippen LogP contribution >= 0.6 is 11.6 Å². The minimum Gasteiger partial charge on any atom is -0.316 e. The van der Waals surface area contributed by atoms with Gasteiger partial charge in [0.25, 0.3) is 0 Å². The van der Waals surface area contributed by atoms with E-state index in [1.807, 2.05) is 0 Å². The molecule has 1 rings (SSSR count). The normalized spacial score (nSPS) is 30.0. The van der Waals surface area contributed by atoms with Gasteiger partial charge >= 0.3 is 0 Å². The van der Waals surface area contributed by atoms with Crippen LogP contribution in [0, 0.1) is 5.92 Å². The zero-order valence-corrected chi connectivity index (χ0v) is 8.03. The van der Waals surface area contributed by atoms with Crippen LogP contribution in [-0.2, 0) is 0 Å². The van der Waals surface area contributed by atoms with Gasteiger partial charge in [0, 0.05) is 5.38 Å². The molecule has 0 aromatic carbocycles. The van der Waals surface area contributed by atoms with Gasteiger partial charge in [0.15, 0.2) is 0 Å². The van der Waals surface area contributed by atoms with E-state index in [1.54, 1.807) is 0 Å². The molecule has 11 heavy (non-hydrogen) atoms. The largest absolute Gasteiger partial charge is 0.316 e. The summed E-state index contributed by atoms with van der Waals surface area (Å²) in [4.78, 5) is 0. The van der Waals surface area contributed by atoms with Crippen molar-refractivity contribution in [2.75, 3.05) is 13.1 Å². The van der Waals surface area contributed by atoms with Crippen molar-refractivity contribution in [1.82, 2.24) is 5.32 Å². The minimum atomic E-state index is 0.480. The van der Waals surface area contributed by atoms with Gasteiger partial charge in [0.1, 0.15) is 0 Å². The fraction of sp³-hybridized carbons (Fsp3) is 1.00. The average Bonchev–Trinajstić information content (AvgIpc) is 1.94. The molecule has 0 radical (unpaired) electrons. The minimum absolute atomic E-state index is 0.480. The van der Waals surface area contributed by atoms with E-state index >= 15 is 0 Å². The van der Waals surface area contributed by atoms with Crippen molar-refractivity contribution in [3.63, 3.8) is 0 Å². The van der Waals surface area contributed by atoms with Crippen LogP contribution in [0.25, 0.3) is 0 Å². The van der Waals surface area contributed by atoms with Crippen LogP contribution in [-0.4, -0.2) is 18.5 Å². The topological polar surface area (TPSA) is 12.0 Å². The Bertz CT molecular complexity index is 99.7. The van der Waals surface area contributed by atoms with Crippen molar-refractivity contribution in [3.8, 4) is 0 Å². The Morgan fingerprint density at radius 3 is 2.73 bits per heavy atom. The summed E-state index contributed by atoms with van der Waals surface area (Å²) >= 11 is 5.86.